The maximum atomic E-state index is 12.4. The van der Waals surface area contributed by atoms with E-state index in [4.69, 9.17) is 12.2 Å². The highest BCUT2D eigenvalue weighted by Gasteiger charge is 2.11. The molecule has 4 aromatic rings. The summed E-state index contributed by atoms with van der Waals surface area (Å²) in [6.07, 6.45) is 0. The Kier molecular flexibility index (Phi) is 5.14. The molecular weight excluding hydrogens is 386 g/mol. The van der Waals surface area contributed by atoms with Gasteiger partial charge in [0.15, 0.2) is 5.11 Å². The number of hydrogen-bond donors (Lipinski definition) is 2. The van der Waals surface area contributed by atoms with Crippen molar-refractivity contribution in [3.63, 3.8) is 0 Å². The predicted octanol–water partition coefficient (Wildman–Crippen LogP) is 5.40. The molecule has 0 saturated carbocycles. The lowest BCUT2D eigenvalue weighted by molar-refractivity contribution is 0.0977. The van der Waals surface area contributed by atoms with E-state index >= 15 is 0 Å². The smallest absolute Gasteiger partial charge is 0.257 e. The van der Waals surface area contributed by atoms with Crippen LogP contribution in [-0.2, 0) is 0 Å². The van der Waals surface area contributed by atoms with Crippen molar-refractivity contribution >= 4 is 50.5 Å². The van der Waals surface area contributed by atoms with Crippen LogP contribution in [0.25, 0.3) is 20.8 Å². The number of nitrogens with zero attached hydrogens (tertiary/aromatic N) is 1. The molecule has 6 heteroatoms. The van der Waals surface area contributed by atoms with Gasteiger partial charge in [-0.25, -0.2) is 4.98 Å². The van der Waals surface area contributed by atoms with E-state index in [1.807, 2.05) is 67.6 Å². The van der Waals surface area contributed by atoms with E-state index < -0.39 is 0 Å². The van der Waals surface area contributed by atoms with Crippen molar-refractivity contribution in [1.82, 2.24) is 10.3 Å². The van der Waals surface area contributed by atoms with E-state index in [-0.39, 0.29) is 11.0 Å². The standard InChI is InChI=1S/C22H17N3OS2/c1-14-7-2-3-10-17(14)20(26)25-22(27)23-16-9-6-8-15(13-16)21-24-18-11-4-5-12-19(18)28-21/h2-13H,1H3,(H2,23,25,26,27). The normalized spacial score (nSPS) is 10.6. The van der Waals surface area contributed by atoms with Gasteiger partial charge in [0.25, 0.3) is 5.91 Å². The number of fused-ring (bicyclic) bond motifs is 1. The number of para-hydroxylation sites is 1. The highest BCUT2D eigenvalue weighted by molar-refractivity contribution is 7.80. The lowest BCUT2D eigenvalue weighted by Crippen LogP contribution is -2.34. The van der Waals surface area contributed by atoms with Gasteiger partial charge < -0.3 is 5.32 Å². The van der Waals surface area contributed by atoms with Crippen LogP contribution in [0, 0.1) is 6.92 Å². The first-order valence-electron chi connectivity index (χ1n) is 8.74. The molecule has 0 fully saturated rings. The summed E-state index contributed by atoms with van der Waals surface area (Å²) in [5.74, 6) is -0.224. The molecule has 0 spiro atoms. The number of amides is 1. The van der Waals surface area contributed by atoms with Crippen LogP contribution < -0.4 is 10.6 Å². The van der Waals surface area contributed by atoms with E-state index in [1.54, 1.807) is 17.4 Å². The van der Waals surface area contributed by atoms with Crippen molar-refractivity contribution in [3.8, 4) is 10.6 Å². The van der Waals surface area contributed by atoms with Crippen molar-refractivity contribution in [1.29, 1.82) is 0 Å². The third-order valence-corrected chi connectivity index (χ3v) is 5.57. The Labute approximate surface area is 172 Å². The van der Waals surface area contributed by atoms with Crippen molar-refractivity contribution in [2.24, 2.45) is 0 Å². The maximum Gasteiger partial charge on any atom is 0.257 e. The summed E-state index contributed by atoms with van der Waals surface area (Å²) < 4.78 is 1.15. The van der Waals surface area contributed by atoms with Crippen LogP contribution in [0.4, 0.5) is 5.69 Å². The van der Waals surface area contributed by atoms with Crippen molar-refractivity contribution < 1.29 is 4.79 Å². The molecule has 3 aromatic carbocycles. The molecule has 0 saturated heterocycles. The molecule has 1 amide bonds. The number of nitrogens with one attached hydrogen (secondary N) is 2. The molecule has 0 bridgehead atoms. The zero-order chi connectivity index (χ0) is 19.5. The second-order valence-electron chi connectivity index (χ2n) is 6.29. The summed E-state index contributed by atoms with van der Waals surface area (Å²) in [6.45, 7) is 1.90. The quantitative estimate of drug-likeness (QED) is 0.450. The van der Waals surface area contributed by atoms with Crippen LogP contribution in [0.15, 0.2) is 72.8 Å². The van der Waals surface area contributed by atoms with E-state index in [1.165, 1.54) is 0 Å². The minimum absolute atomic E-state index is 0.224. The Hall–Kier alpha value is -3.09. The summed E-state index contributed by atoms with van der Waals surface area (Å²) in [5, 5.41) is 7.02. The highest BCUT2D eigenvalue weighted by Crippen LogP contribution is 2.31. The van der Waals surface area contributed by atoms with Crippen molar-refractivity contribution in [2.45, 2.75) is 6.92 Å². The Morgan fingerprint density at radius 1 is 1.00 bits per heavy atom. The fourth-order valence-electron chi connectivity index (χ4n) is 2.89. The van der Waals surface area contributed by atoms with Crippen LogP contribution in [0.3, 0.4) is 0 Å². The van der Waals surface area contributed by atoms with Gasteiger partial charge in [-0.1, -0.05) is 42.5 Å². The average Bonchev–Trinajstić information content (AvgIpc) is 3.12. The van der Waals surface area contributed by atoms with Gasteiger partial charge in [0, 0.05) is 16.8 Å². The van der Waals surface area contributed by atoms with Gasteiger partial charge in [-0.2, -0.15) is 0 Å². The van der Waals surface area contributed by atoms with E-state index in [9.17, 15) is 4.79 Å². The summed E-state index contributed by atoms with van der Waals surface area (Å²) in [5.41, 5.74) is 4.29. The van der Waals surface area contributed by atoms with E-state index in [0.717, 1.165) is 32.0 Å². The Morgan fingerprint density at radius 2 is 1.79 bits per heavy atom. The number of thiocarbonyl (C=S) groups is 1. The third kappa shape index (κ3) is 3.93. The molecule has 0 atom stereocenters. The molecule has 28 heavy (non-hydrogen) atoms. The zero-order valence-corrected chi connectivity index (χ0v) is 16.7. The number of thiazole rings is 1. The number of aryl methyl sites for hydroxylation is 1. The number of carbonyl (C=O) groups is 1. The molecular formula is C22H17N3OS2. The van der Waals surface area contributed by atoms with E-state index in [0.29, 0.717) is 5.56 Å². The van der Waals surface area contributed by atoms with Crippen LogP contribution in [0.5, 0.6) is 0 Å². The van der Waals surface area contributed by atoms with Gasteiger partial charge in [0.05, 0.1) is 10.2 Å². The molecule has 4 nitrogen and oxygen atoms in total. The Bertz CT molecular complexity index is 1150. The molecule has 138 valence electrons. The van der Waals surface area contributed by atoms with E-state index in [2.05, 4.69) is 21.7 Å². The predicted molar refractivity (Wildman–Crippen MR) is 120 cm³/mol. The number of aromatic nitrogens is 1. The van der Waals surface area contributed by atoms with Crippen LogP contribution in [-0.4, -0.2) is 16.0 Å². The van der Waals surface area contributed by atoms with Gasteiger partial charge in [0.1, 0.15) is 5.01 Å². The Morgan fingerprint density at radius 3 is 2.61 bits per heavy atom. The minimum atomic E-state index is -0.224. The summed E-state index contributed by atoms with van der Waals surface area (Å²) in [7, 11) is 0. The first-order valence-corrected chi connectivity index (χ1v) is 9.96. The molecule has 0 unspecified atom stereocenters. The van der Waals surface area contributed by atoms with Crippen LogP contribution >= 0.6 is 23.6 Å². The lowest BCUT2D eigenvalue weighted by Gasteiger charge is -2.11. The number of rotatable bonds is 3. The number of benzene rings is 3. The molecule has 4 rings (SSSR count). The van der Waals surface area contributed by atoms with Crippen LogP contribution in [0.2, 0.25) is 0 Å². The zero-order valence-electron chi connectivity index (χ0n) is 15.1. The van der Waals surface area contributed by atoms with Gasteiger partial charge in [0.2, 0.25) is 0 Å². The third-order valence-electron chi connectivity index (χ3n) is 4.28. The molecule has 0 aliphatic carbocycles. The van der Waals surface area contributed by atoms with Crippen molar-refractivity contribution in [3.05, 3.63) is 83.9 Å². The van der Waals surface area contributed by atoms with Gasteiger partial charge in [-0.3, -0.25) is 10.1 Å². The van der Waals surface area contributed by atoms with Gasteiger partial charge >= 0.3 is 0 Å². The molecule has 0 aliphatic rings. The topological polar surface area (TPSA) is 54.0 Å². The fourth-order valence-corrected chi connectivity index (χ4v) is 4.06. The monoisotopic (exact) mass is 403 g/mol. The van der Waals surface area contributed by atoms with Gasteiger partial charge in [-0.15, -0.1) is 11.3 Å². The lowest BCUT2D eigenvalue weighted by atomic mass is 10.1. The number of hydrogen-bond acceptors (Lipinski definition) is 4. The minimum Gasteiger partial charge on any atom is -0.332 e. The molecule has 0 radical (unpaired) electrons. The Balaban J connectivity index is 1.49. The fraction of sp³-hybridized carbons (Fsp3) is 0.0455. The number of carbonyl (C=O) groups excluding carboxylic acids is 1. The molecule has 1 aromatic heterocycles. The average molecular weight is 404 g/mol. The molecule has 0 aliphatic heterocycles. The molecule has 1 heterocycles. The second kappa shape index (κ2) is 7.88. The molecule has 2 N–H and O–H groups in total. The largest absolute Gasteiger partial charge is 0.332 e. The SMILES string of the molecule is Cc1ccccc1C(=O)NC(=S)Nc1cccc(-c2nc3ccccc3s2)c1. The van der Waals surface area contributed by atoms with Gasteiger partial charge in [-0.05, 0) is 55.0 Å². The summed E-state index contributed by atoms with van der Waals surface area (Å²) >= 11 is 6.96. The van der Waals surface area contributed by atoms with Crippen molar-refractivity contribution in [2.75, 3.05) is 5.32 Å². The first kappa shape index (κ1) is 18.3. The number of anilines is 1. The summed E-state index contributed by atoms with van der Waals surface area (Å²) in [6, 6.07) is 23.3. The summed E-state index contributed by atoms with van der Waals surface area (Å²) in [4.78, 5) is 17.1. The first-order chi connectivity index (χ1) is 13.6. The second-order valence-corrected chi connectivity index (χ2v) is 7.73. The van der Waals surface area contributed by atoms with Crippen LogP contribution in [0.1, 0.15) is 15.9 Å². The maximum absolute atomic E-state index is 12.4. The highest BCUT2D eigenvalue weighted by atomic mass is 32.1.